The van der Waals surface area contributed by atoms with Crippen LogP contribution >= 0.6 is 0 Å². The van der Waals surface area contributed by atoms with Crippen molar-refractivity contribution in [3.63, 3.8) is 0 Å². The Labute approximate surface area is 162 Å². The lowest BCUT2D eigenvalue weighted by Crippen LogP contribution is -2.42. The molecule has 27 heavy (non-hydrogen) atoms. The van der Waals surface area contributed by atoms with E-state index >= 15 is 0 Å². The van der Waals surface area contributed by atoms with Crippen molar-refractivity contribution in [2.75, 3.05) is 32.8 Å². The molecule has 4 nitrogen and oxygen atoms in total. The number of amides is 1. The molecule has 4 heteroatoms. The first-order valence-corrected chi connectivity index (χ1v) is 9.71. The number of benzene rings is 2. The van der Waals surface area contributed by atoms with E-state index in [0.717, 1.165) is 26.2 Å². The molecule has 0 saturated carbocycles. The molecule has 1 saturated heterocycles. The Morgan fingerprint density at radius 1 is 1.11 bits per heavy atom. The molecule has 1 atom stereocenters. The predicted molar refractivity (Wildman–Crippen MR) is 109 cm³/mol. The first-order chi connectivity index (χ1) is 12.9. The highest BCUT2D eigenvalue weighted by Gasteiger charge is 2.21. The van der Waals surface area contributed by atoms with Gasteiger partial charge in [0.2, 0.25) is 0 Å². The number of carbonyl (C=O) groups excluding carboxylic acids is 1. The maximum absolute atomic E-state index is 12.4. The molecule has 2 aromatic carbocycles. The van der Waals surface area contributed by atoms with Gasteiger partial charge in [0.15, 0.2) is 0 Å². The van der Waals surface area contributed by atoms with Gasteiger partial charge in [0, 0.05) is 31.7 Å². The summed E-state index contributed by atoms with van der Waals surface area (Å²) in [4.78, 5) is 14.7. The van der Waals surface area contributed by atoms with Crippen LogP contribution in [0, 0.1) is 0 Å². The average Bonchev–Trinajstić information content (AvgIpc) is 2.68. The van der Waals surface area contributed by atoms with Gasteiger partial charge in [0.05, 0.1) is 12.7 Å². The number of hydrogen-bond acceptors (Lipinski definition) is 3. The van der Waals surface area contributed by atoms with E-state index in [1.807, 2.05) is 42.5 Å². The van der Waals surface area contributed by atoms with Crippen LogP contribution in [-0.2, 0) is 10.2 Å². The van der Waals surface area contributed by atoms with Gasteiger partial charge in [-0.15, -0.1) is 0 Å². The van der Waals surface area contributed by atoms with Crippen LogP contribution in [0.1, 0.15) is 48.4 Å². The summed E-state index contributed by atoms with van der Waals surface area (Å²) in [5, 5.41) is 3.04. The Kier molecular flexibility index (Phi) is 6.30. The Morgan fingerprint density at radius 3 is 2.48 bits per heavy atom. The number of morpholine rings is 1. The normalized spacial score (nSPS) is 18.3. The van der Waals surface area contributed by atoms with Crippen LogP contribution in [-0.4, -0.2) is 43.6 Å². The smallest absolute Gasteiger partial charge is 0.251 e. The standard InChI is InChI=1S/C23H30N2O2/c1-23(2,3)20-11-9-19(10-12-20)22(26)24-13-14-25-15-16-27-21(17-25)18-7-5-4-6-8-18/h4-12,21H,13-17H2,1-3H3,(H,24,26). The zero-order chi connectivity index (χ0) is 19.3. The third kappa shape index (κ3) is 5.41. The van der Waals surface area contributed by atoms with E-state index in [1.54, 1.807) is 0 Å². The van der Waals surface area contributed by atoms with E-state index in [0.29, 0.717) is 12.1 Å². The Hall–Kier alpha value is -2.17. The monoisotopic (exact) mass is 366 g/mol. The lowest BCUT2D eigenvalue weighted by molar-refractivity contribution is -0.0293. The summed E-state index contributed by atoms with van der Waals surface area (Å²) in [6.45, 7) is 10.5. The summed E-state index contributed by atoms with van der Waals surface area (Å²) in [5.74, 6) is -0.0108. The van der Waals surface area contributed by atoms with Gasteiger partial charge in [-0.1, -0.05) is 63.2 Å². The number of nitrogens with zero attached hydrogens (tertiary/aromatic N) is 1. The molecular formula is C23H30N2O2. The van der Waals surface area contributed by atoms with Crippen molar-refractivity contribution in [1.29, 1.82) is 0 Å². The van der Waals surface area contributed by atoms with E-state index in [1.165, 1.54) is 11.1 Å². The van der Waals surface area contributed by atoms with E-state index < -0.39 is 0 Å². The Morgan fingerprint density at radius 2 is 1.81 bits per heavy atom. The van der Waals surface area contributed by atoms with Crippen LogP contribution in [0.15, 0.2) is 54.6 Å². The van der Waals surface area contributed by atoms with Crippen molar-refractivity contribution < 1.29 is 9.53 Å². The fourth-order valence-electron chi connectivity index (χ4n) is 3.33. The topological polar surface area (TPSA) is 41.6 Å². The van der Waals surface area contributed by atoms with Crippen LogP contribution in [0.4, 0.5) is 0 Å². The summed E-state index contributed by atoms with van der Waals surface area (Å²) in [6.07, 6.45) is 0.112. The minimum atomic E-state index is -0.0108. The van der Waals surface area contributed by atoms with E-state index in [-0.39, 0.29) is 17.4 Å². The lowest BCUT2D eigenvalue weighted by atomic mass is 9.87. The second-order valence-electron chi connectivity index (χ2n) is 8.15. The van der Waals surface area contributed by atoms with Crippen molar-refractivity contribution >= 4 is 5.91 Å². The van der Waals surface area contributed by atoms with Crippen molar-refractivity contribution in [3.05, 3.63) is 71.3 Å². The average molecular weight is 367 g/mol. The van der Waals surface area contributed by atoms with Crippen molar-refractivity contribution in [2.24, 2.45) is 0 Å². The zero-order valence-corrected chi connectivity index (χ0v) is 16.6. The molecule has 3 rings (SSSR count). The first-order valence-electron chi connectivity index (χ1n) is 9.71. The molecule has 1 N–H and O–H groups in total. The van der Waals surface area contributed by atoms with Gasteiger partial charge in [-0.25, -0.2) is 0 Å². The first kappa shape index (κ1) is 19.6. The zero-order valence-electron chi connectivity index (χ0n) is 16.6. The molecule has 1 aliphatic rings. The highest BCUT2D eigenvalue weighted by molar-refractivity contribution is 5.94. The molecular weight excluding hydrogens is 336 g/mol. The van der Waals surface area contributed by atoms with Crippen molar-refractivity contribution in [1.82, 2.24) is 10.2 Å². The van der Waals surface area contributed by atoms with Gasteiger partial charge in [-0.05, 0) is 28.7 Å². The molecule has 1 amide bonds. The van der Waals surface area contributed by atoms with Gasteiger partial charge in [-0.2, -0.15) is 0 Å². The van der Waals surface area contributed by atoms with Crippen LogP contribution < -0.4 is 5.32 Å². The highest BCUT2D eigenvalue weighted by Crippen LogP contribution is 2.23. The number of ether oxygens (including phenoxy) is 1. The predicted octanol–water partition coefficient (Wildman–Crippen LogP) is 3.79. The summed E-state index contributed by atoms with van der Waals surface area (Å²) < 4.78 is 5.90. The van der Waals surface area contributed by atoms with Gasteiger partial charge < -0.3 is 10.1 Å². The fraction of sp³-hybridized carbons (Fsp3) is 0.435. The lowest BCUT2D eigenvalue weighted by Gasteiger charge is -2.33. The summed E-state index contributed by atoms with van der Waals surface area (Å²) in [7, 11) is 0. The molecule has 2 aromatic rings. The van der Waals surface area contributed by atoms with Crippen LogP contribution in [0.5, 0.6) is 0 Å². The van der Waals surface area contributed by atoms with Crippen LogP contribution in [0.2, 0.25) is 0 Å². The van der Waals surface area contributed by atoms with Gasteiger partial charge in [-0.3, -0.25) is 9.69 Å². The van der Waals surface area contributed by atoms with Gasteiger partial charge >= 0.3 is 0 Å². The third-order valence-corrected chi connectivity index (χ3v) is 5.05. The number of carbonyl (C=O) groups is 1. The largest absolute Gasteiger partial charge is 0.371 e. The number of nitrogens with one attached hydrogen (secondary N) is 1. The minimum Gasteiger partial charge on any atom is -0.371 e. The van der Waals surface area contributed by atoms with Gasteiger partial charge in [0.1, 0.15) is 0 Å². The molecule has 1 fully saturated rings. The molecule has 1 unspecified atom stereocenters. The molecule has 0 aromatic heterocycles. The minimum absolute atomic E-state index is 0.0108. The summed E-state index contributed by atoms with van der Waals surface area (Å²) in [6, 6.07) is 18.2. The van der Waals surface area contributed by atoms with Crippen molar-refractivity contribution in [2.45, 2.75) is 32.3 Å². The highest BCUT2D eigenvalue weighted by atomic mass is 16.5. The number of rotatable bonds is 5. The molecule has 0 aliphatic carbocycles. The van der Waals surface area contributed by atoms with Crippen LogP contribution in [0.3, 0.4) is 0 Å². The quantitative estimate of drug-likeness (QED) is 0.875. The van der Waals surface area contributed by atoms with E-state index in [4.69, 9.17) is 4.74 Å². The van der Waals surface area contributed by atoms with Crippen LogP contribution in [0.25, 0.3) is 0 Å². The van der Waals surface area contributed by atoms with E-state index in [2.05, 4.69) is 43.1 Å². The number of hydrogen-bond donors (Lipinski definition) is 1. The fourth-order valence-corrected chi connectivity index (χ4v) is 3.33. The maximum Gasteiger partial charge on any atom is 0.251 e. The SMILES string of the molecule is CC(C)(C)c1ccc(C(=O)NCCN2CCOC(c3ccccc3)C2)cc1. The second-order valence-corrected chi connectivity index (χ2v) is 8.15. The summed E-state index contributed by atoms with van der Waals surface area (Å²) in [5.41, 5.74) is 3.26. The third-order valence-electron chi connectivity index (χ3n) is 5.05. The molecule has 144 valence electrons. The molecule has 1 heterocycles. The molecule has 0 bridgehead atoms. The Balaban J connectivity index is 1.47. The Bertz CT molecular complexity index is 735. The van der Waals surface area contributed by atoms with Gasteiger partial charge in [0.25, 0.3) is 5.91 Å². The summed E-state index contributed by atoms with van der Waals surface area (Å²) >= 11 is 0. The second kappa shape index (κ2) is 8.68. The van der Waals surface area contributed by atoms with Crippen molar-refractivity contribution in [3.8, 4) is 0 Å². The molecule has 0 radical (unpaired) electrons. The molecule has 0 spiro atoms. The van der Waals surface area contributed by atoms with E-state index in [9.17, 15) is 4.79 Å². The molecule has 1 aliphatic heterocycles. The maximum atomic E-state index is 12.4.